The highest BCUT2D eigenvalue weighted by atomic mass is 16.5. The Morgan fingerprint density at radius 1 is 1.09 bits per heavy atom. The summed E-state index contributed by atoms with van der Waals surface area (Å²) in [5.74, 6) is 2.22. The van der Waals surface area contributed by atoms with Gasteiger partial charge in [-0.2, -0.15) is 0 Å². The van der Waals surface area contributed by atoms with Gasteiger partial charge < -0.3 is 9.47 Å². The molecular formula is C20H24O3. The lowest BCUT2D eigenvalue weighted by molar-refractivity contribution is 0.0988. The third-order valence-corrected chi connectivity index (χ3v) is 3.83. The normalized spacial score (nSPS) is 10.7. The molecule has 122 valence electrons. The van der Waals surface area contributed by atoms with Crippen LogP contribution in [0, 0.1) is 0 Å². The summed E-state index contributed by atoms with van der Waals surface area (Å²) in [5, 5.41) is 0. The van der Waals surface area contributed by atoms with Crippen LogP contribution in [-0.4, -0.2) is 12.9 Å². The fourth-order valence-electron chi connectivity index (χ4n) is 2.39. The lowest BCUT2D eigenvalue weighted by Crippen LogP contribution is -2.01. The SMILES string of the molecule is CCC(=O)c1ccc(COc2ccc(OC)cc2C(C)C)cc1. The number of Topliss-reactive ketones (excluding diaryl/α,β-unsaturated/α-hetero) is 1. The van der Waals surface area contributed by atoms with E-state index in [0.717, 1.165) is 28.2 Å². The molecule has 0 N–H and O–H groups in total. The number of ketones is 1. The summed E-state index contributed by atoms with van der Waals surface area (Å²) < 4.78 is 11.3. The molecule has 3 heteroatoms. The van der Waals surface area contributed by atoms with Crippen molar-refractivity contribution >= 4 is 5.78 Å². The van der Waals surface area contributed by atoms with Crippen molar-refractivity contribution in [2.24, 2.45) is 0 Å². The summed E-state index contributed by atoms with van der Waals surface area (Å²) in [6.45, 7) is 6.61. The lowest BCUT2D eigenvalue weighted by Gasteiger charge is -2.15. The average molecular weight is 312 g/mol. The highest BCUT2D eigenvalue weighted by Crippen LogP contribution is 2.30. The van der Waals surface area contributed by atoms with Crippen LogP contribution in [0.5, 0.6) is 11.5 Å². The van der Waals surface area contributed by atoms with E-state index in [-0.39, 0.29) is 5.78 Å². The van der Waals surface area contributed by atoms with Gasteiger partial charge in [0.25, 0.3) is 0 Å². The van der Waals surface area contributed by atoms with E-state index in [2.05, 4.69) is 13.8 Å². The minimum absolute atomic E-state index is 0.162. The van der Waals surface area contributed by atoms with Crippen molar-refractivity contribution in [1.82, 2.24) is 0 Å². The molecule has 0 saturated heterocycles. The van der Waals surface area contributed by atoms with Crippen LogP contribution in [0.2, 0.25) is 0 Å². The van der Waals surface area contributed by atoms with Crippen LogP contribution in [-0.2, 0) is 6.61 Å². The van der Waals surface area contributed by atoms with E-state index in [1.54, 1.807) is 7.11 Å². The van der Waals surface area contributed by atoms with E-state index in [9.17, 15) is 4.79 Å². The summed E-state index contributed by atoms with van der Waals surface area (Å²) in [6, 6.07) is 13.5. The molecule has 0 aliphatic rings. The van der Waals surface area contributed by atoms with E-state index in [1.165, 1.54) is 0 Å². The molecule has 2 aromatic rings. The van der Waals surface area contributed by atoms with Crippen molar-refractivity contribution in [3.63, 3.8) is 0 Å². The largest absolute Gasteiger partial charge is 0.497 e. The van der Waals surface area contributed by atoms with Crippen molar-refractivity contribution in [3.05, 3.63) is 59.2 Å². The highest BCUT2D eigenvalue weighted by Gasteiger charge is 2.10. The Morgan fingerprint density at radius 2 is 1.78 bits per heavy atom. The molecule has 0 unspecified atom stereocenters. The van der Waals surface area contributed by atoms with Gasteiger partial charge in [-0.05, 0) is 29.7 Å². The number of benzene rings is 2. The molecular weight excluding hydrogens is 288 g/mol. The zero-order valence-electron chi connectivity index (χ0n) is 14.3. The van der Waals surface area contributed by atoms with E-state index in [0.29, 0.717) is 18.9 Å². The first-order valence-electron chi connectivity index (χ1n) is 7.98. The first kappa shape index (κ1) is 17.1. The highest BCUT2D eigenvalue weighted by molar-refractivity contribution is 5.95. The number of carbonyl (C=O) groups is 1. The molecule has 0 fully saturated rings. The van der Waals surface area contributed by atoms with Crippen LogP contribution in [0.1, 0.15) is 54.6 Å². The third kappa shape index (κ3) is 4.35. The third-order valence-electron chi connectivity index (χ3n) is 3.83. The number of methoxy groups -OCH3 is 1. The molecule has 0 amide bonds. The Kier molecular flexibility index (Phi) is 5.80. The minimum atomic E-state index is 0.162. The van der Waals surface area contributed by atoms with Crippen LogP contribution in [0.25, 0.3) is 0 Å². The monoisotopic (exact) mass is 312 g/mol. The zero-order valence-corrected chi connectivity index (χ0v) is 14.3. The second kappa shape index (κ2) is 7.82. The van der Waals surface area contributed by atoms with Gasteiger partial charge in [-0.3, -0.25) is 4.79 Å². The van der Waals surface area contributed by atoms with Crippen molar-refractivity contribution in [2.75, 3.05) is 7.11 Å². The van der Waals surface area contributed by atoms with Gasteiger partial charge in [0.1, 0.15) is 18.1 Å². The second-order valence-electron chi connectivity index (χ2n) is 5.82. The van der Waals surface area contributed by atoms with Crippen molar-refractivity contribution in [3.8, 4) is 11.5 Å². The van der Waals surface area contributed by atoms with E-state index < -0.39 is 0 Å². The van der Waals surface area contributed by atoms with E-state index >= 15 is 0 Å². The Bertz CT molecular complexity index is 657. The van der Waals surface area contributed by atoms with Gasteiger partial charge >= 0.3 is 0 Å². The summed E-state index contributed by atoms with van der Waals surface area (Å²) >= 11 is 0. The van der Waals surface area contributed by atoms with Crippen LogP contribution >= 0.6 is 0 Å². The topological polar surface area (TPSA) is 35.5 Å². The minimum Gasteiger partial charge on any atom is -0.497 e. The number of hydrogen-bond donors (Lipinski definition) is 0. The smallest absolute Gasteiger partial charge is 0.162 e. The molecule has 0 aromatic heterocycles. The molecule has 0 spiro atoms. The van der Waals surface area contributed by atoms with Crippen molar-refractivity contribution in [1.29, 1.82) is 0 Å². The van der Waals surface area contributed by atoms with Gasteiger partial charge in [0, 0.05) is 17.5 Å². The molecule has 0 bridgehead atoms. The van der Waals surface area contributed by atoms with E-state index in [4.69, 9.17) is 9.47 Å². The van der Waals surface area contributed by atoms with Crippen LogP contribution < -0.4 is 9.47 Å². The van der Waals surface area contributed by atoms with Crippen LogP contribution in [0.15, 0.2) is 42.5 Å². The summed E-state index contributed by atoms with van der Waals surface area (Å²) in [7, 11) is 1.67. The molecule has 3 nitrogen and oxygen atoms in total. The molecule has 23 heavy (non-hydrogen) atoms. The van der Waals surface area contributed by atoms with Gasteiger partial charge in [-0.15, -0.1) is 0 Å². The maximum Gasteiger partial charge on any atom is 0.162 e. The molecule has 0 heterocycles. The fraction of sp³-hybridized carbons (Fsp3) is 0.350. The van der Waals surface area contributed by atoms with Gasteiger partial charge in [0.05, 0.1) is 7.11 Å². The molecule has 0 aliphatic carbocycles. The number of carbonyl (C=O) groups excluding carboxylic acids is 1. The maximum atomic E-state index is 11.6. The van der Waals surface area contributed by atoms with Crippen LogP contribution in [0.4, 0.5) is 0 Å². The standard InChI is InChI=1S/C20H24O3/c1-5-19(21)16-8-6-15(7-9-16)13-23-20-11-10-17(22-4)12-18(20)14(2)3/h6-12,14H,5,13H2,1-4H3. The van der Waals surface area contributed by atoms with Gasteiger partial charge in [0.15, 0.2) is 5.78 Å². The number of rotatable bonds is 7. The molecule has 2 aromatic carbocycles. The quantitative estimate of drug-likeness (QED) is 0.676. The van der Waals surface area contributed by atoms with Crippen LogP contribution in [0.3, 0.4) is 0 Å². The maximum absolute atomic E-state index is 11.6. The summed E-state index contributed by atoms with van der Waals surface area (Å²) in [6.07, 6.45) is 0.527. The number of ether oxygens (including phenoxy) is 2. The number of hydrogen-bond acceptors (Lipinski definition) is 3. The van der Waals surface area contributed by atoms with Gasteiger partial charge in [-0.1, -0.05) is 45.0 Å². The Balaban J connectivity index is 2.10. The summed E-state index contributed by atoms with van der Waals surface area (Å²) in [5.41, 5.74) is 2.92. The molecule has 0 aliphatic heterocycles. The van der Waals surface area contributed by atoms with Crippen molar-refractivity contribution in [2.45, 2.75) is 39.7 Å². The lowest BCUT2D eigenvalue weighted by atomic mass is 10.0. The molecule has 0 radical (unpaired) electrons. The first-order chi connectivity index (χ1) is 11.0. The zero-order chi connectivity index (χ0) is 16.8. The second-order valence-corrected chi connectivity index (χ2v) is 5.82. The van der Waals surface area contributed by atoms with Gasteiger partial charge in [-0.25, -0.2) is 0 Å². The predicted octanol–water partition coefficient (Wildman–Crippen LogP) is 4.99. The van der Waals surface area contributed by atoms with Crippen molar-refractivity contribution < 1.29 is 14.3 Å². The summed E-state index contributed by atoms with van der Waals surface area (Å²) in [4.78, 5) is 11.6. The fourth-order valence-corrected chi connectivity index (χ4v) is 2.39. The Hall–Kier alpha value is -2.29. The predicted molar refractivity (Wildman–Crippen MR) is 92.5 cm³/mol. The Labute approximate surface area is 138 Å². The molecule has 2 rings (SSSR count). The molecule has 0 saturated carbocycles. The first-order valence-corrected chi connectivity index (χ1v) is 7.98. The van der Waals surface area contributed by atoms with Gasteiger partial charge in [0.2, 0.25) is 0 Å². The molecule has 0 atom stereocenters. The average Bonchev–Trinajstić information content (AvgIpc) is 2.59. The van der Waals surface area contributed by atoms with E-state index in [1.807, 2.05) is 49.4 Å². The Morgan fingerprint density at radius 3 is 2.35 bits per heavy atom.